The summed E-state index contributed by atoms with van der Waals surface area (Å²) in [5.74, 6) is -0.155. The highest BCUT2D eigenvalue weighted by molar-refractivity contribution is 8.13. The van der Waals surface area contributed by atoms with Gasteiger partial charge in [-0.1, -0.05) is 37.3 Å². The topological polar surface area (TPSA) is 43.4 Å². The van der Waals surface area contributed by atoms with Crippen molar-refractivity contribution in [3.8, 4) is 0 Å². The maximum Gasteiger partial charge on any atom is 0.234 e. The molecule has 0 amide bonds. The van der Waals surface area contributed by atoms with Crippen molar-refractivity contribution in [2.45, 2.75) is 19.4 Å². The summed E-state index contributed by atoms with van der Waals surface area (Å²) in [6.45, 7) is 2.12. The Bertz CT molecular complexity index is 402. The molecular formula is C11H15ClO3S. The first-order valence-corrected chi connectivity index (χ1v) is 7.59. The molecule has 1 aromatic carbocycles. The van der Waals surface area contributed by atoms with Crippen LogP contribution >= 0.6 is 10.7 Å². The van der Waals surface area contributed by atoms with E-state index in [0.29, 0.717) is 0 Å². The summed E-state index contributed by atoms with van der Waals surface area (Å²) in [6.07, 6.45) is 0.728. The lowest BCUT2D eigenvalue weighted by Gasteiger charge is -2.15. The molecule has 0 radical (unpaired) electrons. The van der Waals surface area contributed by atoms with E-state index in [0.717, 1.165) is 12.0 Å². The van der Waals surface area contributed by atoms with Crippen LogP contribution in [0.5, 0.6) is 0 Å². The first-order chi connectivity index (χ1) is 7.53. The second-order valence-electron chi connectivity index (χ2n) is 3.42. The molecule has 0 spiro atoms. The number of hydrogen-bond donors (Lipinski definition) is 0. The van der Waals surface area contributed by atoms with Crippen molar-refractivity contribution in [2.75, 3.05) is 12.4 Å². The molecule has 5 heteroatoms. The quantitative estimate of drug-likeness (QED) is 0.741. The van der Waals surface area contributed by atoms with E-state index in [9.17, 15) is 8.42 Å². The molecule has 16 heavy (non-hydrogen) atoms. The van der Waals surface area contributed by atoms with E-state index in [1.54, 1.807) is 0 Å². The number of ether oxygens (including phenoxy) is 1. The third-order valence-electron chi connectivity index (χ3n) is 2.19. The summed E-state index contributed by atoms with van der Waals surface area (Å²) in [7, 11) is 1.64. The van der Waals surface area contributed by atoms with Crippen LogP contribution in [0.1, 0.15) is 25.0 Å². The summed E-state index contributed by atoms with van der Waals surface area (Å²) in [5.41, 5.74) is 1.05. The van der Waals surface area contributed by atoms with Gasteiger partial charge in [0.2, 0.25) is 9.05 Å². The monoisotopic (exact) mass is 262 g/mol. The van der Waals surface area contributed by atoms with Crippen LogP contribution in [0.4, 0.5) is 0 Å². The molecule has 0 fully saturated rings. The third kappa shape index (κ3) is 4.96. The maximum atomic E-state index is 10.7. The molecule has 0 saturated heterocycles. The number of halogens is 1. The molecule has 0 bridgehead atoms. The summed E-state index contributed by atoms with van der Waals surface area (Å²) < 4.78 is 26.9. The van der Waals surface area contributed by atoms with E-state index in [-0.39, 0.29) is 18.5 Å². The minimum atomic E-state index is -3.46. The van der Waals surface area contributed by atoms with Crippen LogP contribution in [0.15, 0.2) is 30.3 Å². The molecule has 1 aromatic rings. The smallest absolute Gasteiger partial charge is 0.234 e. The number of hydrogen-bond acceptors (Lipinski definition) is 3. The van der Waals surface area contributed by atoms with Gasteiger partial charge in [-0.2, -0.15) is 0 Å². The molecule has 0 aliphatic rings. The zero-order valence-corrected chi connectivity index (χ0v) is 10.7. The van der Waals surface area contributed by atoms with Gasteiger partial charge in [0.15, 0.2) is 0 Å². The van der Waals surface area contributed by atoms with E-state index in [4.69, 9.17) is 15.4 Å². The van der Waals surface area contributed by atoms with E-state index >= 15 is 0 Å². The van der Waals surface area contributed by atoms with Crippen LogP contribution in [-0.4, -0.2) is 20.8 Å². The largest absolute Gasteiger partial charge is 0.372 e. The predicted molar refractivity (Wildman–Crippen MR) is 65.1 cm³/mol. The highest BCUT2D eigenvalue weighted by atomic mass is 35.7. The van der Waals surface area contributed by atoms with Crippen LogP contribution in [0.2, 0.25) is 0 Å². The summed E-state index contributed by atoms with van der Waals surface area (Å²) >= 11 is 0. The van der Waals surface area contributed by atoms with Crippen molar-refractivity contribution in [3.05, 3.63) is 35.9 Å². The molecule has 90 valence electrons. The Hall–Kier alpha value is -0.580. The Morgan fingerprint density at radius 1 is 1.31 bits per heavy atom. The van der Waals surface area contributed by atoms with Gasteiger partial charge in [0.25, 0.3) is 0 Å². The summed E-state index contributed by atoms with van der Waals surface area (Å²) in [4.78, 5) is 0. The first kappa shape index (κ1) is 13.5. The molecule has 0 saturated carbocycles. The second kappa shape index (κ2) is 6.23. The average molecular weight is 263 g/mol. The predicted octanol–water partition coefficient (Wildman–Crippen LogP) is 2.72. The Labute approximate surface area is 101 Å². The Morgan fingerprint density at radius 3 is 2.44 bits per heavy atom. The summed E-state index contributed by atoms with van der Waals surface area (Å²) in [5, 5.41) is 0. The minimum absolute atomic E-state index is 0.0698. The standard InChI is InChI=1S/C11H15ClO3S/c1-2-11(10-6-4-3-5-7-10)15-8-9-16(12,13)14/h3-7,11H,2,8-9H2,1H3. The van der Waals surface area contributed by atoms with Crippen LogP contribution in [0.25, 0.3) is 0 Å². The summed E-state index contributed by atoms with van der Waals surface area (Å²) in [6, 6.07) is 9.71. The van der Waals surface area contributed by atoms with Gasteiger partial charge in [0, 0.05) is 10.7 Å². The second-order valence-corrected chi connectivity index (χ2v) is 6.32. The molecule has 0 aliphatic heterocycles. The molecule has 0 aliphatic carbocycles. The van der Waals surface area contributed by atoms with Crippen LogP contribution in [-0.2, 0) is 13.8 Å². The lowest BCUT2D eigenvalue weighted by atomic mass is 10.1. The van der Waals surface area contributed by atoms with Crippen molar-refractivity contribution < 1.29 is 13.2 Å². The van der Waals surface area contributed by atoms with Gasteiger partial charge >= 0.3 is 0 Å². The van der Waals surface area contributed by atoms with Gasteiger partial charge < -0.3 is 4.74 Å². The molecule has 1 atom stereocenters. The van der Waals surface area contributed by atoms with E-state index in [1.807, 2.05) is 37.3 Å². The number of benzene rings is 1. The SMILES string of the molecule is CCC(OCCS(=O)(=O)Cl)c1ccccc1. The fraction of sp³-hybridized carbons (Fsp3) is 0.455. The zero-order chi connectivity index (χ0) is 12.0. The normalized spacial score (nSPS) is 13.6. The van der Waals surface area contributed by atoms with E-state index in [2.05, 4.69) is 0 Å². The van der Waals surface area contributed by atoms with Crippen molar-refractivity contribution >= 4 is 19.7 Å². The third-order valence-corrected chi connectivity index (χ3v) is 3.31. The van der Waals surface area contributed by atoms with Gasteiger partial charge in [-0.05, 0) is 12.0 Å². The molecule has 1 unspecified atom stereocenters. The molecule has 0 heterocycles. The van der Waals surface area contributed by atoms with Gasteiger partial charge in [-0.25, -0.2) is 8.42 Å². The van der Waals surface area contributed by atoms with Gasteiger partial charge in [0.1, 0.15) is 0 Å². The molecule has 3 nitrogen and oxygen atoms in total. The van der Waals surface area contributed by atoms with Crippen molar-refractivity contribution in [3.63, 3.8) is 0 Å². The van der Waals surface area contributed by atoms with Gasteiger partial charge in [-0.15, -0.1) is 0 Å². The highest BCUT2D eigenvalue weighted by Gasteiger charge is 2.11. The minimum Gasteiger partial charge on any atom is -0.372 e. The maximum absolute atomic E-state index is 10.7. The Kier molecular flexibility index (Phi) is 5.25. The Balaban J connectivity index is 2.51. The van der Waals surface area contributed by atoms with Crippen LogP contribution in [0.3, 0.4) is 0 Å². The van der Waals surface area contributed by atoms with E-state index < -0.39 is 9.05 Å². The number of rotatable bonds is 6. The molecule has 0 N–H and O–H groups in total. The van der Waals surface area contributed by atoms with Gasteiger partial charge in [-0.3, -0.25) is 0 Å². The fourth-order valence-corrected chi connectivity index (χ4v) is 1.89. The molecular weight excluding hydrogens is 248 g/mol. The Morgan fingerprint density at radius 2 is 1.94 bits per heavy atom. The van der Waals surface area contributed by atoms with Crippen LogP contribution < -0.4 is 0 Å². The first-order valence-electron chi connectivity index (χ1n) is 5.12. The molecule has 0 aromatic heterocycles. The zero-order valence-electron chi connectivity index (χ0n) is 9.10. The van der Waals surface area contributed by atoms with E-state index in [1.165, 1.54) is 0 Å². The highest BCUT2D eigenvalue weighted by Crippen LogP contribution is 2.20. The lowest BCUT2D eigenvalue weighted by molar-refractivity contribution is 0.0612. The molecule has 1 rings (SSSR count). The fourth-order valence-electron chi connectivity index (χ4n) is 1.41. The lowest BCUT2D eigenvalue weighted by Crippen LogP contribution is -2.10. The van der Waals surface area contributed by atoms with Gasteiger partial charge in [0.05, 0.1) is 18.5 Å². The van der Waals surface area contributed by atoms with Crippen molar-refractivity contribution in [1.29, 1.82) is 0 Å². The van der Waals surface area contributed by atoms with Crippen LogP contribution in [0, 0.1) is 0 Å². The van der Waals surface area contributed by atoms with Crippen molar-refractivity contribution in [2.24, 2.45) is 0 Å². The average Bonchev–Trinajstić information content (AvgIpc) is 2.24. The van der Waals surface area contributed by atoms with Crippen molar-refractivity contribution in [1.82, 2.24) is 0 Å².